The van der Waals surface area contributed by atoms with Crippen molar-refractivity contribution in [2.75, 3.05) is 11.9 Å². The third-order valence-corrected chi connectivity index (χ3v) is 3.35. The molecule has 0 unspecified atom stereocenters. The number of rotatable bonds is 5. The van der Waals surface area contributed by atoms with Crippen molar-refractivity contribution in [1.82, 2.24) is 9.97 Å². The number of ether oxygens (including phenoxy) is 1. The van der Waals surface area contributed by atoms with E-state index in [1.807, 2.05) is 60.7 Å². The highest BCUT2D eigenvalue weighted by Crippen LogP contribution is 2.23. The van der Waals surface area contributed by atoms with Crippen LogP contribution in [-0.2, 0) is 4.74 Å². The summed E-state index contributed by atoms with van der Waals surface area (Å²) < 4.78 is 5.09. The van der Waals surface area contributed by atoms with Crippen LogP contribution in [0.1, 0.15) is 17.3 Å². The van der Waals surface area contributed by atoms with Crippen LogP contribution in [0.25, 0.3) is 11.4 Å². The number of carbonyl (C=O) groups excluding carboxylic acids is 1. The maximum atomic E-state index is 12.2. The smallest absolute Gasteiger partial charge is 0.343 e. The van der Waals surface area contributed by atoms with Gasteiger partial charge in [0, 0.05) is 17.4 Å². The van der Waals surface area contributed by atoms with Crippen LogP contribution in [0, 0.1) is 0 Å². The number of hydrogen-bond acceptors (Lipinski definition) is 5. The number of para-hydroxylation sites is 1. The number of benzene rings is 2. The van der Waals surface area contributed by atoms with Crippen molar-refractivity contribution in [2.24, 2.45) is 0 Å². The van der Waals surface area contributed by atoms with E-state index >= 15 is 0 Å². The fourth-order valence-electron chi connectivity index (χ4n) is 2.22. The predicted octanol–water partition coefficient (Wildman–Crippen LogP) is 4.06. The lowest BCUT2D eigenvalue weighted by atomic mass is 10.2. The van der Waals surface area contributed by atoms with Crippen LogP contribution in [0.3, 0.4) is 0 Å². The van der Waals surface area contributed by atoms with Gasteiger partial charge in [-0.2, -0.15) is 0 Å². The average Bonchev–Trinajstić information content (AvgIpc) is 2.63. The topological polar surface area (TPSA) is 64.1 Å². The van der Waals surface area contributed by atoms with E-state index in [1.54, 1.807) is 6.92 Å². The van der Waals surface area contributed by atoms with E-state index in [1.165, 1.54) is 6.20 Å². The summed E-state index contributed by atoms with van der Waals surface area (Å²) >= 11 is 0. The van der Waals surface area contributed by atoms with Crippen LogP contribution in [-0.4, -0.2) is 22.5 Å². The van der Waals surface area contributed by atoms with Gasteiger partial charge in [0.15, 0.2) is 5.82 Å². The molecule has 0 spiro atoms. The summed E-state index contributed by atoms with van der Waals surface area (Å²) in [5.74, 6) is 0.520. The quantitative estimate of drug-likeness (QED) is 0.718. The van der Waals surface area contributed by atoms with Gasteiger partial charge in [-0.3, -0.25) is 0 Å². The SMILES string of the molecule is CCOC(=O)c1cnc(-c2ccccc2)nc1Nc1ccccc1. The molecule has 0 fully saturated rings. The first-order valence-corrected chi connectivity index (χ1v) is 7.69. The second kappa shape index (κ2) is 7.37. The number of hydrogen-bond donors (Lipinski definition) is 1. The maximum Gasteiger partial charge on any atom is 0.343 e. The molecule has 0 bridgehead atoms. The Labute approximate surface area is 140 Å². The lowest BCUT2D eigenvalue weighted by Gasteiger charge is -2.11. The van der Waals surface area contributed by atoms with Crippen molar-refractivity contribution in [3.05, 3.63) is 72.4 Å². The number of aromatic nitrogens is 2. The summed E-state index contributed by atoms with van der Waals surface area (Å²) in [7, 11) is 0. The van der Waals surface area contributed by atoms with Gasteiger partial charge < -0.3 is 10.1 Å². The highest BCUT2D eigenvalue weighted by atomic mass is 16.5. The molecule has 0 saturated heterocycles. The molecule has 2 aromatic carbocycles. The molecule has 1 heterocycles. The molecule has 5 heteroatoms. The average molecular weight is 319 g/mol. The number of nitrogens with zero attached hydrogens (tertiary/aromatic N) is 2. The number of esters is 1. The summed E-state index contributed by atoms with van der Waals surface area (Å²) in [6, 6.07) is 19.2. The minimum Gasteiger partial charge on any atom is -0.462 e. The number of nitrogens with one attached hydrogen (secondary N) is 1. The molecule has 0 aliphatic rings. The fourth-order valence-corrected chi connectivity index (χ4v) is 2.22. The van der Waals surface area contributed by atoms with Gasteiger partial charge in [-0.1, -0.05) is 48.5 Å². The van der Waals surface area contributed by atoms with E-state index in [-0.39, 0.29) is 0 Å². The molecule has 0 saturated carbocycles. The molecular weight excluding hydrogens is 302 g/mol. The summed E-state index contributed by atoms with van der Waals surface area (Å²) in [5.41, 5.74) is 2.02. The Bertz CT molecular complexity index is 821. The van der Waals surface area contributed by atoms with Crippen LogP contribution in [0.4, 0.5) is 11.5 Å². The molecule has 0 aliphatic carbocycles. The second-order valence-corrected chi connectivity index (χ2v) is 5.03. The van der Waals surface area contributed by atoms with Gasteiger partial charge >= 0.3 is 5.97 Å². The molecule has 1 N–H and O–H groups in total. The Morgan fingerprint density at radius 2 is 1.71 bits per heavy atom. The zero-order chi connectivity index (χ0) is 16.8. The van der Waals surface area contributed by atoms with E-state index in [0.717, 1.165) is 11.3 Å². The van der Waals surface area contributed by atoms with Crippen molar-refractivity contribution >= 4 is 17.5 Å². The normalized spacial score (nSPS) is 10.2. The number of carbonyl (C=O) groups is 1. The van der Waals surface area contributed by atoms with Gasteiger partial charge in [-0.25, -0.2) is 14.8 Å². The van der Waals surface area contributed by atoms with Gasteiger partial charge in [0.25, 0.3) is 0 Å². The molecule has 1 aromatic heterocycles. The molecule has 120 valence electrons. The standard InChI is InChI=1S/C19H17N3O2/c1-2-24-19(23)16-13-20-17(14-9-5-3-6-10-14)22-18(16)21-15-11-7-4-8-12-15/h3-13H,2H2,1H3,(H,20,21,22). The molecule has 24 heavy (non-hydrogen) atoms. The first-order chi connectivity index (χ1) is 11.8. The largest absolute Gasteiger partial charge is 0.462 e. The minimum absolute atomic E-state index is 0.296. The van der Waals surface area contributed by atoms with Crippen LogP contribution < -0.4 is 5.32 Å². The Balaban J connectivity index is 2.02. The van der Waals surface area contributed by atoms with Crippen molar-refractivity contribution in [2.45, 2.75) is 6.92 Å². The van der Waals surface area contributed by atoms with E-state index < -0.39 is 5.97 Å². The first kappa shape index (κ1) is 15.7. The highest BCUT2D eigenvalue weighted by Gasteiger charge is 2.16. The van der Waals surface area contributed by atoms with Gasteiger partial charge in [0.2, 0.25) is 0 Å². The fraction of sp³-hybridized carbons (Fsp3) is 0.105. The predicted molar refractivity (Wildman–Crippen MR) is 93.1 cm³/mol. The number of anilines is 2. The van der Waals surface area contributed by atoms with Gasteiger partial charge in [0.1, 0.15) is 11.4 Å². The highest BCUT2D eigenvalue weighted by molar-refractivity contribution is 5.95. The molecule has 0 radical (unpaired) electrons. The molecular formula is C19H17N3O2. The first-order valence-electron chi connectivity index (χ1n) is 7.69. The third-order valence-electron chi connectivity index (χ3n) is 3.35. The maximum absolute atomic E-state index is 12.2. The van der Waals surface area contributed by atoms with E-state index in [4.69, 9.17) is 4.74 Å². The molecule has 0 atom stereocenters. The molecule has 0 amide bonds. The van der Waals surface area contributed by atoms with Gasteiger partial charge in [-0.05, 0) is 19.1 Å². The summed E-state index contributed by atoms with van der Waals surface area (Å²) in [6.07, 6.45) is 1.50. The van der Waals surface area contributed by atoms with Gasteiger partial charge in [0.05, 0.1) is 6.61 Å². The zero-order valence-corrected chi connectivity index (χ0v) is 13.3. The van der Waals surface area contributed by atoms with Crippen LogP contribution in [0.5, 0.6) is 0 Å². The molecule has 3 aromatic rings. The van der Waals surface area contributed by atoms with E-state index in [9.17, 15) is 4.79 Å². The Hall–Kier alpha value is -3.21. The summed E-state index contributed by atoms with van der Waals surface area (Å²) in [6.45, 7) is 2.06. The molecule has 3 rings (SSSR count). The van der Waals surface area contributed by atoms with E-state index in [2.05, 4.69) is 15.3 Å². The van der Waals surface area contributed by atoms with Crippen LogP contribution in [0.15, 0.2) is 66.9 Å². The summed E-state index contributed by atoms with van der Waals surface area (Å²) in [4.78, 5) is 21.0. The molecule has 5 nitrogen and oxygen atoms in total. The zero-order valence-electron chi connectivity index (χ0n) is 13.3. The van der Waals surface area contributed by atoms with Gasteiger partial charge in [-0.15, -0.1) is 0 Å². The van der Waals surface area contributed by atoms with Crippen molar-refractivity contribution < 1.29 is 9.53 Å². The minimum atomic E-state index is -0.449. The Morgan fingerprint density at radius 1 is 1.04 bits per heavy atom. The Morgan fingerprint density at radius 3 is 2.38 bits per heavy atom. The van der Waals surface area contributed by atoms with Crippen molar-refractivity contribution in [1.29, 1.82) is 0 Å². The Kier molecular flexibility index (Phi) is 4.81. The monoisotopic (exact) mass is 319 g/mol. The van der Waals surface area contributed by atoms with Crippen LogP contribution in [0.2, 0.25) is 0 Å². The van der Waals surface area contributed by atoms with Crippen LogP contribution >= 0.6 is 0 Å². The van der Waals surface area contributed by atoms with Crippen molar-refractivity contribution in [3.8, 4) is 11.4 Å². The van der Waals surface area contributed by atoms with E-state index in [0.29, 0.717) is 23.8 Å². The molecule has 0 aliphatic heterocycles. The lowest BCUT2D eigenvalue weighted by Crippen LogP contribution is -2.11. The lowest BCUT2D eigenvalue weighted by molar-refractivity contribution is 0.0526. The van der Waals surface area contributed by atoms with Crippen molar-refractivity contribution in [3.63, 3.8) is 0 Å². The third kappa shape index (κ3) is 3.57. The second-order valence-electron chi connectivity index (χ2n) is 5.03. The summed E-state index contributed by atoms with van der Waals surface area (Å²) in [5, 5.41) is 3.17.